The molecule has 1 heterocycles. The number of carbonyl (C=O) groups excluding carboxylic acids is 1. The molecule has 1 fully saturated rings. The first-order valence-electron chi connectivity index (χ1n) is 10.4. The lowest BCUT2D eigenvalue weighted by molar-refractivity contribution is -0.122. The fourth-order valence-corrected chi connectivity index (χ4v) is 4.33. The molecular formula is C24H29N3O2S. The zero-order chi connectivity index (χ0) is 21.5. The fraction of sp³-hybridized carbons (Fsp3) is 0.333. The fourth-order valence-electron chi connectivity index (χ4n) is 3.30. The Bertz CT molecular complexity index is 916. The molecule has 30 heavy (non-hydrogen) atoms. The Labute approximate surface area is 183 Å². The third-order valence-corrected chi connectivity index (χ3v) is 5.96. The third kappa shape index (κ3) is 5.05. The van der Waals surface area contributed by atoms with Crippen molar-refractivity contribution in [1.29, 1.82) is 0 Å². The number of benzene rings is 2. The van der Waals surface area contributed by atoms with Crippen molar-refractivity contribution in [3.05, 3.63) is 59.0 Å². The second kappa shape index (κ2) is 10.3. The number of methoxy groups -OCH3 is 1. The average Bonchev–Trinajstić information content (AvgIpc) is 3.05. The molecule has 0 unspecified atom stereocenters. The summed E-state index contributed by atoms with van der Waals surface area (Å²) in [5, 5.41) is 0.720. The maximum atomic E-state index is 13.0. The van der Waals surface area contributed by atoms with Crippen molar-refractivity contribution in [2.75, 3.05) is 31.6 Å². The molecule has 158 valence electrons. The molecule has 2 aromatic rings. The molecular weight excluding hydrogens is 394 g/mol. The van der Waals surface area contributed by atoms with E-state index in [4.69, 9.17) is 9.73 Å². The largest absolute Gasteiger partial charge is 0.497 e. The molecule has 3 rings (SSSR count). The van der Waals surface area contributed by atoms with Crippen LogP contribution in [0.15, 0.2) is 58.4 Å². The first kappa shape index (κ1) is 22.0. The van der Waals surface area contributed by atoms with Crippen LogP contribution >= 0.6 is 11.8 Å². The molecule has 1 aliphatic rings. The van der Waals surface area contributed by atoms with Gasteiger partial charge in [-0.25, -0.2) is 4.99 Å². The van der Waals surface area contributed by atoms with Gasteiger partial charge < -0.3 is 9.64 Å². The maximum absolute atomic E-state index is 13.0. The van der Waals surface area contributed by atoms with Crippen LogP contribution in [0.4, 0.5) is 11.4 Å². The van der Waals surface area contributed by atoms with E-state index >= 15 is 0 Å². The number of ether oxygens (including phenoxy) is 1. The summed E-state index contributed by atoms with van der Waals surface area (Å²) in [7, 11) is 1.64. The highest BCUT2D eigenvalue weighted by molar-refractivity contribution is 8.18. The van der Waals surface area contributed by atoms with Crippen LogP contribution < -0.4 is 9.64 Å². The van der Waals surface area contributed by atoms with Gasteiger partial charge in [0.1, 0.15) is 5.75 Å². The Morgan fingerprint density at radius 2 is 1.70 bits per heavy atom. The summed E-state index contributed by atoms with van der Waals surface area (Å²) < 4.78 is 5.21. The molecule has 0 bridgehead atoms. The number of rotatable bonds is 8. The van der Waals surface area contributed by atoms with Gasteiger partial charge in [-0.1, -0.05) is 19.1 Å². The lowest BCUT2D eigenvalue weighted by Gasteiger charge is -2.20. The number of thioether (sulfide) groups is 1. The van der Waals surface area contributed by atoms with Crippen molar-refractivity contribution in [2.45, 2.75) is 27.2 Å². The quantitative estimate of drug-likeness (QED) is 0.522. The van der Waals surface area contributed by atoms with E-state index in [0.717, 1.165) is 41.7 Å². The SMILES string of the molecule is CCCN1C(=O)C(=Cc2ccc(N(CC)CC)cc2)SC1=Nc1ccc(OC)cc1. The highest BCUT2D eigenvalue weighted by Gasteiger charge is 2.32. The molecule has 0 saturated carbocycles. The average molecular weight is 424 g/mol. The van der Waals surface area contributed by atoms with Crippen molar-refractivity contribution in [1.82, 2.24) is 4.90 Å². The molecule has 1 aliphatic heterocycles. The van der Waals surface area contributed by atoms with Crippen LogP contribution in [-0.4, -0.2) is 42.7 Å². The topological polar surface area (TPSA) is 45.1 Å². The summed E-state index contributed by atoms with van der Waals surface area (Å²) >= 11 is 1.43. The second-order valence-corrected chi connectivity index (χ2v) is 7.93. The number of aliphatic imine (C=N–C) groups is 1. The third-order valence-electron chi connectivity index (χ3n) is 4.95. The lowest BCUT2D eigenvalue weighted by atomic mass is 10.1. The van der Waals surface area contributed by atoms with E-state index < -0.39 is 0 Å². The minimum absolute atomic E-state index is 0.0157. The maximum Gasteiger partial charge on any atom is 0.266 e. The predicted octanol–water partition coefficient (Wildman–Crippen LogP) is 5.56. The summed E-state index contributed by atoms with van der Waals surface area (Å²) in [6.07, 6.45) is 2.83. The highest BCUT2D eigenvalue weighted by atomic mass is 32.2. The van der Waals surface area contributed by atoms with Crippen LogP contribution in [-0.2, 0) is 4.79 Å². The number of amides is 1. The molecule has 1 amide bonds. The molecule has 6 heteroatoms. The smallest absolute Gasteiger partial charge is 0.266 e. The van der Waals surface area contributed by atoms with Gasteiger partial charge in [-0.05, 0) is 80.1 Å². The van der Waals surface area contributed by atoms with Crippen molar-refractivity contribution < 1.29 is 9.53 Å². The van der Waals surface area contributed by atoms with Crippen molar-refractivity contribution >= 4 is 40.3 Å². The summed E-state index contributed by atoms with van der Waals surface area (Å²) in [6, 6.07) is 15.9. The van der Waals surface area contributed by atoms with E-state index in [1.54, 1.807) is 12.0 Å². The van der Waals surface area contributed by atoms with Gasteiger partial charge in [-0.3, -0.25) is 9.69 Å². The van der Waals surface area contributed by atoms with Gasteiger partial charge in [0, 0.05) is 25.3 Å². The zero-order valence-corrected chi connectivity index (χ0v) is 18.9. The Hall–Kier alpha value is -2.73. The lowest BCUT2D eigenvalue weighted by Crippen LogP contribution is -2.29. The molecule has 5 nitrogen and oxygen atoms in total. The monoisotopic (exact) mass is 423 g/mol. The van der Waals surface area contributed by atoms with E-state index in [1.165, 1.54) is 17.4 Å². The van der Waals surface area contributed by atoms with E-state index in [2.05, 4.69) is 49.9 Å². The minimum Gasteiger partial charge on any atom is -0.497 e. The Kier molecular flexibility index (Phi) is 7.57. The molecule has 0 aliphatic carbocycles. The van der Waals surface area contributed by atoms with Crippen LogP contribution in [0.2, 0.25) is 0 Å². The van der Waals surface area contributed by atoms with E-state index in [-0.39, 0.29) is 5.91 Å². The van der Waals surface area contributed by atoms with Crippen LogP contribution in [0.1, 0.15) is 32.8 Å². The van der Waals surface area contributed by atoms with Gasteiger partial charge >= 0.3 is 0 Å². The molecule has 0 radical (unpaired) electrons. The summed E-state index contributed by atoms with van der Waals surface area (Å²) in [5.41, 5.74) is 3.02. The number of hydrogen-bond donors (Lipinski definition) is 0. The van der Waals surface area contributed by atoms with Gasteiger partial charge in [0.2, 0.25) is 0 Å². The molecule has 1 saturated heterocycles. The summed E-state index contributed by atoms with van der Waals surface area (Å²) in [6.45, 7) is 8.97. The first-order chi connectivity index (χ1) is 14.6. The second-order valence-electron chi connectivity index (χ2n) is 6.92. The molecule has 0 N–H and O–H groups in total. The van der Waals surface area contributed by atoms with E-state index in [9.17, 15) is 4.79 Å². The molecule has 2 aromatic carbocycles. The van der Waals surface area contributed by atoms with E-state index in [0.29, 0.717) is 11.4 Å². The number of nitrogens with zero attached hydrogens (tertiary/aromatic N) is 3. The number of amidine groups is 1. The zero-order valence-electron chi connectivity index (χ0n) is 18.1. The van der Waals surface area contributed by atoms with Crippen molar-refractivity contribution in [2.24, 2.45) is 4.99 Å². The van der Waals surface area contributed by atoms with Crippen molar-refractivity contribution in [3.63, 3.8) is 0 Å². The summed E-state index contributed by atoms with van der Waals surface area (Å²) in [4.78, 5) is 22.5. The van der Waals surface area contributed by atoms with Gasteiger partial charge in [0.25, 0.3) is 5.91 Å². The van der Waals surface area contributed by atoms with Gasteiger partial charge in [0.15, 0.2) is 5.17 Å². The number of hydrogen-bond acceptors (Lipinski definition) is 5. The molecule has 0 atom stereocenters. The standard InChI is InChI=1S/C24H29N3O2S/c1-5-16-27-23(28)22(17-18-8-12-20(13-9-18)26(6-2)7-3)30-24(27)25-19-10-14-21(29-4)15-11-19/h8-15,17H,5-7,16H2,1-4H3. The van der Waals surface area contributed by atoms with Gasteiger partial charge in [-0.15, -0.1) is 0 Å². The molecule has 0 spiro atoms. The predicted molar refractivity (Wildman–Crippen MR) is 128 cm³/mol. The minimum atomic E-state index is 0.0157. The highest BCUT2D eigenvalue weighted by Crippen LogP contribution is 2.34. The van der Waals surface area contributed by atoms with Crippen LogP contribution in [0.5, 0.6) is 5.75 Å². The number of carbonyl (C=O) groups is 1. The van der Waals surface area contributed by atoms with Crippen LogP contribution in [0.25, 0.3) is 6.08 Å². The Balaban J connectivity index is 1.85. The van der Waals surface area contributed by atoms with Crippen LogP contribution in [0, 0.1) is 0 Å². The normalized spacial score (nSPS) is 16.5. The van der Waals surface area contributed by atoms with Crippen molar-refractivity contribution in [3.8, 4) is 5.75 Å². The van der Waals surface area contributed by atoms with Crippen LogP contribution in [0.3, 0.4) is 0 Å². The van der Waals surface area contributed by atoms with Gasteiger partial charge in [0.05, 0.1) is 17.7 Å². The summed E-state index contributed by atoms with van der Waals surface area (Å²) in [5.74, 6) is 0.801. The Morgan fingerprint density at radius 3 is 2.27 bits per heavy atom. The number of anilines is 1. The first-order valence-corrected chi connectivity index (χ1v) is 11.2. The van der Waals surface area contributed by atoms with E-state index in [1.807, 2.05) is 30.3 Å². The Morgan fingerprint density at radius 1 is 1.03 bits per heavy atom. The van der Waals surface area contributed by atoms with Gasteiger partial charge in [-0.2, -0.15) is 0 Å². The molecule has 0 aromatic heterocycles.